The number of benzene rings is 2. The van der Waals surface area contributed by atoms with Crippen LogP contribution in [0.3, 0.4) is 0 Å². The predicted octanol–water partition coefficient (Wildman–Crippen LogP) is 4.29. The number of non-ortho nitro benzene ring substituents is 1. The molecule has 0 atom stereocenters. The quantitative estimate of drug-likeness (QED) is 0.299. The van der Waals surface area contributed by atoms with E-state index in [0.717, 1.165) is 3.57 Å². The molecule has 0 bridgehead atoms. The number of nitro benzene ring substituents is 1. The van der Waals surface area contributed by atoms with Crippen LogP contribution >= 0.6 is 46.4 Å². The van der Waals surface area contributed by atoms with E-state index in [9.17, 15) is 14.9 Å². The van der Waals surface area contributed by atoms with Crippen molar-refractivity contribution >= 4 is 68.8 Å². The molecule has 0 aliphatic carbocycles. The number of halogens is 2. The lowest BCUT2D eigenvalue weighted by Crippen LogP contribution is -2.34. The Morgan fingerprint density at radius 3 is 2.62 bits per heavy atom. The van der Waals surface area contributed by atoms with Crippen molar-refractivity contribution in [2.24, 2.45) is 0 Å². The van der Waals surface area contributed by atoms with Gasteiger partial charge in [0.2, 0.25) is 0 Å². The summed E-state index contributed by atoms with van der Waals surface area (Å²) in [4.78, 5) is 22.5. The molecule has 2 N–H and O–H groups in total. The van der Waals surface area contributed by atoms with Gasteiger partial charge in [0, 0.05) is 21.4 Å². The smallest absolute Gasteiger partial charge is 0.269 e. The second kappa shape index (κ2) is 7.86. The Hall–Kier alpha value is -1.78. The molecule has 0 spiro atoms. The zero-order chi connectivity index (χ0) is 17.9. The van der Waals surface area contributed by atoms with Gasteiger partial charge < -0.3 is 5.32 Å². The van der Waals surface area contributed by atoms with Crippen molar-refractivity contribution in [2.45, 2.75) is 6.92 Å². The van der Waals surface area contributed by atoms with E-state index in [1.165, 1.54) is 18.2 Å². The van der Waals surface area contributed by atoms with Gasteiger partial charge in [-0.2, -0.15) is 0 Å². The second-order valence-corrected chi connectivity index (χ2v) is 6.85. The maximum absolute atomic E-state index is 12.2. The fourth-order valence-electron chi connectivity index (χ4n) is 1.90. The number of hydrogen-bond acceptors (Lipinski definition) is 4. The molecule has 0 aliphatic heterocycles. The van der Waals surface area contributed by atoms with Gasteiger partial charge in [-0.15, -0.1) is 0 Å². The Kier molecular flexibility index (Phi) is 6.08. The van der Waals surface area contributed by atoms with Gasteiger partial charge in [0.15, 0.2) is 5.11 Å². The first kappa shape index (κ1) is 18.6. The predicted molar refractivity (Wildman–Crippen MR) is 106 cm³/mol. The zero-order valence-corrected chi connectivity index (χ0v) is 16.0. The number of anilines is 1. The summed E-state index contributed by atoms with van der Waals surface area (Å²) in [6, 6.07) is 9.38. The highest BCUT2D eigenvalue weighted by Crippen LogP contribution is 2.21. The molecule has 2 aromatic carbocycles. The highest BCUT2D eigenvalue weighted by molar-refractivity contribution is 14.1. The van der Waals surface area contributed by atoms with E-state index in [-0.39, 0.29) is 10.8 Å². The molecule has 0 saturated carbocycles. The number of aryl methyl sites for hydroxylation is 1. The minimum atomic E-state index is -0.476. The normalized spacial score (nSPS) is 10.1. The summed E-state index contributed by atoms with van der Waals surface area (Å²) in [6.45, 7) is 1.70. The number of amides is 1. The fourth-order valence-corrected chi connectivity index (χ4v) is 2.79. The molecule has 0 saturated heterocycles. The summed E-state index contributed by atoms with van der Waals surface area (Å²) >= 11 is 13.2. The number of thiocarbonyl (C=S) groups is 1. The van der Waals surface area contributed by atoms with Crippen LogP contribution in [0.2, 0.25) is 5.02 Å². The Morgan fingerprint density at radius 1 is 1.29 bits per heavy atom. The summed E-state index contributed by atoms with van der Waals surface area (Å²) < 4.78 is 0.868. The van der Waals surface area contributed by atoms with Gasteiger partial charge in [-0.05, 0) is 71.6 Å². The first-order valence-corrected chi connectivity index (χ1v) is 8.47. The van der Waals surface area contributed by atoms with Crippen LogP contribution in [0.1, 0.15) is 15.9 Å². The molecule has 124 valence electrons. The van der Waals surface area contributed by atoms with Crippen molar-refractivity contribution in [3.8, 4) is 0 Å². The maximum Gasteiger partial charge on any atom is 0.269 e. The van der Waals surface area contributed by atoms with Crippen molar-refractivity contribution in [2.75, 3.05) is 5.32 Å². The van der Waals surface area contributed by atoms with Gasteiger partial charge in [-0.3, -0.25) is 20.2 Å². The van der Waals surface area contributed by atoms with Crippen molar-refractivity contribution in [3.63, 3.8) is 0 Å². The zero-order valence-electron chi connectivity index (χ0n) is 12.3. The van der Waals surface area contributed by atoms with Crippen molar-refractivity contribution < 1.29 is 9.72 Å². The fraction of sp³-hybridized carbons (Fsp3) is 0.0667. The standard InChI is InChI=1S/C15H11ClIN3O3S/c1-8-6-10(20(22)23)3-5-13(8)18-15(24)19-14(21)11-7-9(17)2-4-12(11)16/h2-7H,1H3,(H2,18,19,21,24). The average molecular weight is 476 g/mol. The molecule has 0 aliphatic rings. The average Bonchev–Trinajstić information content (AvgIpc) is 2.51. The minimum Gasteiger partial charge on any atom is -0.332 e. The summed E-state index contributed by atoms with van der Waals surface area (Å²) in [5, 5.41) is 16.5. The van der Waals surface area contributed by atoms with Crippen LogP contribution in [-0.2, 0) is 0 Å². The number of rotatable bonds is 3. The van der Waals surface area contributed by atoms with Crippen LogP contribution in [0.5, 0.6) is 0 Å². The van der Waals surface area contributed by atoms with E-state index in [2.05, 4.69) is 33.2 Å². The van der Waals surface area contributed by atoms with E-state index in [4.69, 9.17) is 23.8 Å². The van der Waals surface area contributed by atoms with E-state index in [1.54, 1.807) is 25.1 Å². The van der Waals surface area contributed by atoms with Gasteiger partial charge in [-0.25, -0.2) is 0 Å². The highest BCUT2D eigenvalue weighted by Gasteiger charge is 2.14. The molecule has 0 fully saturated rings. The molecule has 0 heterocycles. The molecule has 0 radical (unpaired) electrons. The SMILES string of the molecule is Cc1cc([N+](=O)[O-])ccc1NC(=S)NC(=O)c1cc(I)ccc1Cl. The lowest BCUT2D eigenvalue weighted by molar-refractivity contribution is -0.384. The minimum absolute atomic E-state index is 0.0151. The number of nitro groups is 1. The molecule has 2 aromatic rings. The number of nitrogens with one attached hydrogen (secondary N) is 2. The molecule has 24 heavy (non-hydrogen) atoms. The van der Waals surface area contributed by atoms with Gasteiger partial charge in [0.1, 0.15) is 0 Å². The summed E-state index contributed by atoms with van der Waals surface area (Å²) in [7, 11) is 0. The van der Waals surface area contributed by atoms with Crippen molar-refractivity contribution in [1.29, 1.82) is 0 Å². The van der Waals surface area contributed by atoms with Crippen LogP contribution < -0.4 is 10.6 Å². The second-order valence-electron chi connectivity index (χ2n) is 4.79. The monoisotopic (exact) mass is 475 g/mol. The molecular weight excluding hydrogens is 465 g/mol. The van der Waals surface area contributed by atoms with Crippen LogP contribution in [-0.4, -0.2) is 15.9 Å². The Bertz CT molecular complexity index is 845. The molecule has 2 rings (SSSR count). The van der Waals surface area contributed by atoms with Gasteiger partial charge in [-0.1, -0.05) is 11.6 Å². The summed E-state index contributed by atoms with van der Waals surface area (Å²) in [5.74, 6) is -0.435. The molecular formula is C15H11ClIN3O3S. The molecule has 1 amide bonds. The van der Waals surface area contributed by atoms with Crippen LogP contribution in [0, 0.1) is 20.6 Å². The van der Waals surface area contributed by atoms with E-state index in [0.29, 0.717) is 21.8 Å². The Labute approximate surface area is 161 Å². The van der Waals surface area contributed by atoms with Crippen molar-refractivity contribution in [1.82, 2.24) is 5.32 Å². The van der Waals surface area contributed by atoms with E-state index >= 15 is 0 Å². The van der Waals surface area contributed by atoms with Gasteiger partial charge in [0.05, 0.1) is 15.5 Å². The summed E-state index contributed by atoms with van der Waals surface area (Å²) in [6.07, 6.45) is 0. The number of nitrogens with zero attached hydrogens (tertiary/aromatic N) is 1. The largest absolute Gasteiger partial charge is 0.332 e. The Morgan fingerprint density at radius 2 is 2.00 bits per heavy atom. The number of carbonyl (C=O) groups is 1. The highest BCUT2D eigenvalue weighted by atomic mass is 127. The van der Waals surface area contributed by atoms with Gasteiger partial charge in [0.25, 0.3) is 11.6 Å². The topological polar surface area (TPSA) is 84.3 Å². The first-order chi connectivity index (χ1) is 11.3. The lowest BCUT2D eigenvalue weighted by atomic mass is 10.2. The van der Waals surface area contributed by atoms with E-state index in [1.807, 2.05) is 0 Å². The number of carbonyl (C=O) groups excluding carboxylic acids is 1. The van der Waals surface area contributed by atoms with Crippen LogP contribution in [0.25, 0.3) is 0 Å². The third-order valence-electron chi connectivity index (χ3n) is 3.07. The molecule has 9 heteroatoms. The third-order valence-corrected chi connectivity index (χ3v) is 4.27. The third kappa shape index (κ3) is 4.62. The van der Waals surface area contributed by atoms with Crippen LogP contribution in [0.4, 0.5) is 11.4 Å². The van der Waals surface area contributed by atoms with Crippen LogP contribution in [0.15, 0.2) is 36.4 Å². The number of hydrogen-bond donors (Lipinski definition) is 2. The first-order valence-electron chi connectivity index (χ1n) is 6.60. The lowest BCUT2D eigenvalue weighted by Gasteiger charge is -2.12. The summed E-state index contributed by atoms with van der Waals surface area (Å²) in [5.41, 5.74) is 1.50. The molecule has 6 nitrogen and oxygen atoms in total. The maximum atomic E-state index is 12.2. The van der Waals surface area contributed by atoms with E-state index < -0.39 is 10.8 Å². The van der Waals surface area contributed by atoms with Gasteiger partial charge >= 0.3 is 0 Å². The molecule has 0 unspecified atom stereocenters. The van der Waals surface area contributed by atoms with Crippen molar-refractivity contribution in [3.05, 3.63) is 66.2 Å². The molecule has 0 aromatic heterocycles. The Balaban J connectivity index is 2.09.